The van der Waals surface area contributed by atoms with E-state index in [0.717, 1.165) is 12.8 Å². The number of amides is 4. The van der Waals surface area contributed by atoms with Crippen LogP contribution >= 0.6 is 0 Å². The predicted molar refractivity (Wildman–Crippen MR) is 81.9 cm³/mol. The maximum atomic E-state index is 11.8. The topological polar surface area (TPSA) is 126 Å². The summed E-state index contributed by atoms with van der Waals surface area (Å²) < 4.78 is 5.28. The fraction of sp³-hybridized carbons (Fsp3) is 0.667. The molecule has 1 aliphatic heterocycles. The second-order valence-corrected chi connectivity index (χ2v) is 6.18. The van der Waals surface area contributed by atoms with E-state index >= 15 is 0 Å². The monoisotopic (exact) mass is 335 g/mol. The van der Waals surface area contributed by atoms with Crippen LogP contribution in [0.3, 0.4) is 0 Å². The largest absolute Gasteiger partial charge is 0.356 e. The Morgan fingerprint density at radius 2 is 2.08 bits per heavy atom. The highest BCUT2D eigenvalue weighted by atomic mass is 16.5. The van der Waals surface area contributed by atoms with E-state index in [-0.39, 0.29) is 24.7 Å². The normalized spacial score (nSPS) is 20.9. The smallest absolute Gasteiger partial charge is 0.322 e. The molecule has 0 radical (unpaired) electrons. The third-order valence-electron chi connectivity index (χ3n) is 4.38. The van der Waals surface area contributed by atoms with Crippen LogP contribution in [0.15, 0.2) is 4.52 Å². The molecule has 1 saturated heterocycles. The summed E-state index contributed by atoms with van der Waals surface area (Å²) in [7, 11) is 0. The number of nitrogens with one attached hydrogen (secondary N) is 3. The van der Waals surface area contributed by atoms with Gasteiger partial charge < -0.3 is 15.2 Å². The maximum absolute atomic E-state index is 11.8. The quantitative estimate of drug-likeness (QED) is 0.618. The van der Waals surface area contributed by atoms with Crippen molar-refractivity contribution in [2.45, 2.75) is 56.9 Å². The maximum Gasteiger partial charge on any atom is 0.322 e. The summed E-state index contributed by atoms with van der Waals surface area (Å²) in [6, 6.07) is -1.14. The molecule has 1 aliphatic carbocycles. The summed E-state index contributed by atoms with van der Waals surface area (Å²) in [5, 5.41) is 11.3. The molecule has 0 spiro atoms. The fourth-order valence-corrected chi connectivity index (χ4v) is 3.05. The number of nitrogens with zero attached hydrogens (tertiary/aromatic N) is 2. The zero-order chi connectivity index (χ0) is 16.9. The molecule has 1 aromatic rings. The molecule has 3 N–H and O–H groups in total. The SMILES string of the molecule is O=C(CC[C@H]1NC(=O)NC1=O)NCCc1noc(C2CCCC2)n1. The first-order valence-corrected chi connectivity index (χ1v) is 8.32. The summed E-state index contributed by atoms with van der Waals surface area (Å²) >= 11 is 0. The van der Waals surface area contributed by atoms with Crippen LogP contribution in [0.4, 0.5) is 4.79 Å². The van der Waals surface area contributed by atoms with Gasteiger partial charge in [0.1, 0.15) is 6.04 Å². The van der Waals surface area contributed by atoms with Crippen molar-refractivity contribution in [1.29, 1.82) is 0 Å². The van der Waals surface area contributed by atoms with E-state index in [2.05, 4.69) is 26.1 Å². The molecule has 4 amide bonds. The molecular formula is C15H21N5O4. The molecule has 24 heavy (non-hydrogen) atoms. The third-order valence-corrected chi connectivity index (χ3v) is 4.38. The van der Waals surface area contributed by atoms with Crippen LogP contribution in [0.2, 0.25) is 0 Å². The summed E-state index contributed by atoms with van der Waals surface area (Å²) in [4.78, 5) is 38.5. The first-order chi connectivity index (χ1) is 11.6. The van der Waals surface area contributed by atoms with E-state index in [9.17, 15) is 14.4 Å². The van der Waals surface area contributed by atoms with Gasteiger partial charge in [-0.15, -0.1) is 0 Å². The molecule has 0 unspecified atom stereocenters. The van der Waals surface area contributed by atoms with Gasteiger partial charge in [-0.05, 0) is 19.3 Å². The molecule has 1 aromatic heterocycles. The standard InChI is InChI=1S/C15H21N5O4/c21-12(6-5-10-13(22)19-15(23)17-10)16-8-7-11-18-14(24-20-11)9-3-1-2-4-9/h9-10H,1-8H2,(H,16,21)(H2,17,19,22,23)/t10-/m1/s1. The van der Waals surface area contributed by atoms with Gasteiger partial charge in [0.2, 0.25) is 11.8 Å². The zero-order valence-electron chi connectivity index (χ0n) is 13.3. The van der Waals surface area contributed by atoms with Crippen LogP contribution in [0.1, 0.15) is 56.2 Å². The molecule has 1 atom stereocenters. The number of carbonyl (C=O) groups is 3. The number of urea groups is 1. The number of carbonyl (C=O) groups excluding carboxylic acids is 3. The van der Waals surface area contributed by atoms with Gasteiger partial charge in [-0.25, -0.2) is 4.79 Å². The van der Waals surface area contributed by atoms with E-state index < -0.39 is 12.1 Å². The van der Waals surface area contributed by atoms with Crippen molar-refractivity contribution in [2.75, 3.05) is 6.54 Å². The van der Waals surface area contributed by atoms with Crippen molar-refractivity contribution < 1.29 is 18.9 Å². The lowest BCUT2D eigenvalue weighted by atomic mass is 10.1. The highest BCUT2D eigenvalue weighted by Gasteiger charge is 2.29. The second-order valence-electron chi connectivity index (χ2n) is 6.18. The summed E-state index contributed by atoms with van der Waals surface area (Å²) in [5.41, 5.74) is 0. The number of aromatic nitrogens is 2. The van der Waals surface area contributed by atoms with Crippen molar-refractivity contribution >= 4 is 17.8 Å². The Hall–Kier alpha value is -2.45. The van der Waals surface area contributed by atoms with Crippen molar-refractivity contribution in [2.24, 2.45) is 0 Å². The van der Waals surface area contributed by atoms with Crippen LogP contribution < -0.4 is 16.0 Å². The van der Waals surface area contributed by atoms with Crippen LogP contribution in [0.25, 0.3) is 0 Å². The Labute approximate surface area is 138 Å². The van der Waals surface area contributed by atoms with Crippen LogP contribution in [0.5, 0.6) is 0 Å². The summed E-state index contributed by atoms with van der Waals surface area (Å²) in [6.45, 7) is 0.408. The molecule has 2 fully saturated rings. The number of hydrogen-bond acceptors (Lipinski definition) is 6. The van der Waals surface area contributed by atoms with Gasteiger partial charge in [0, 0.05) is 25.3 Å². The van der Waals surface area contributed by atoms with Crippen molar-refractivity contribution in [3.63, 3.8) is 0 Å². The predicted octanol–water partition coefficient (Wildman–Crippen LogP) is 0.374. The summed E-state index contributed by atoms with van der Waals surface area (Å²) in [6.07, 6.45) is 5.56. The van der Waals surface area contributed by atoms with E-state index in [1.807, 2.05) is 0 Å². The molecule has 9 heteroatoms. The minimum atomic E-state index is -0.630. The molecular weight excluding hydrogens is 314 g/mol. The first-order valence-electron chi connectivity index (χ1n) is 8.32. The molecule has 3 rings (SSSR count). The van der Waals surface area contributed by atoms with E-state index in [1.165, 1.54) is 12.8 Å². The molecule has 2 heterocycles. The van der Waals surface area contributed by atoms with E-state index in [1.54, 1.807) is 0 Å². The van der Waals surface area contributed by atoms with Gasteiger partial charge in [-0.3, -0.25) is 14.9 Å². The minimum Gasteiger partial charge on any atom is -0.356 e. The van der Waals surface area contributed by atoms with E-state index in [4.69, 9.17) is 4.52 Å². The van der Waals surface area contributed by atoms with Gasteiger partial charge in [0.15, 0.2) is 5.82 Å². The highest BCUT2D eigenvalue weighted by molar-refractivity contribution is 6.04. The average Bonchev–Trinajstić information content (AvgIpc) is 3.26. The lowest BCUT2D eigenvalue weighted by Crippen LogP contribution is -2.32. The Morgan fingerprint density at radius 1 is 1.29 bits per heavy atom. The molecule has 0 bridgehead atoms. The van der Waals surface area contributed by atoms with Crippen LogP contribution in [0, 0.1) is 0 Å². The van der Waals surface area contributed by atoms with Gasteiger partial charge in [0.05, 0.1) is 0 Å². The molecule has 9 nitrogen and oxygen atoms in total. The van der Waals surface area contributed by atoms with E-state index in [0.29, 0.717) is 30.6 Å². The minimum absolute atomic E-state index is 0.165. The Kier molecular flexibility index (Phi) is 5.07. The van der Waals surface area contributed by atoms with Crippen molar-refractivity contribution in [3.8, 4) is 0 Å². The number of hydrogen-bond donors (Lipinski definition) is 3. The summed E-state index contributed by atoms with van der Waals surface area (Å²) in [5.74, 6) is 1.12. The van der Waals surface area contributed by atoms with Gasteiger partial charge in [-0.2, -0.15) is 4.98 Å². The number of rotatable bonds is 7. The van der Waals surface area contributed by atoms with Crippen LogP contribution in [-0.2, 0) is 16.0 Å². The molecule has 2 aliphatic rings. The Bertz CT molecular complexity index is 623. The molecule has 0 aromatic carbocycles. The van der Waals surface area contributed by atoms with Gasteiger partial charge in [-0.1, -0.05) is 18.0 Å². The lowest BCUT2D eigenvalue weighted by Gasteiger charge is -2.07. The third kappa shape index (κ3) is 4.09. The zero-order valence-corrected chi connectivity index (χ0v) is 13.3. The Balaban J connectivity index is 1.34. The van der Waals surface area contributed by atoms with Gasteiger partial charge >= 0.3 is 6.03 Å². The Morgan fingerprint density at radius 3 is 2.79 bits per heavy atom. The second kappa shape index (κ2) is 7.41. The van der Waals surface area contributed by atoms with Crippen molar-refractivity contribution in [1.82, 2.24) is 26.1 Å². The van der Waals surface area contributed by atoms with Crippen LogP contribution in [-0.4, -0.2) is 40.6 Å². The highest BCUT2D eigenvalue weighted by Crippen LogP contribution is 2.32. The number of imide groups is 1. The molecule has 130 valence electrons. The van der Waals surface area contributed by atoms with Crippen molar-refractivity contribution in [3.05, 3.63) is 11.7 Å². The average molecular weight is 335 g/mol. The first kappa shape index (κ1) is 16.4. The fourth-order valence-electron chi connectivity index (χ4n) is 3.05. The lowest BCUT2D eigenvalue weighted by molar-refractivity contribution is -0.122. The molecule has 1 saturated carbocycles. The van der Waals surface area contributed by atoms with Gasteiger partial charge in [0.25, 0.3) is 5.91 Å².